The van der Waals surface area contributed by atoms with E-state index in [2.05, 4.69) is 15.0 Å². The van der Waals surface area contributed by atoms with Crippen molar-refractivity contribution >= 4 is 28.3 Å². The lowest BCUT2D eigenvalue weighted by Gasteiger charge is -2.32. The van der Waals surface area contributed by atoms with Gasteiger partial charge in [-0.2, -0.15) is 8.78 Å². The molecule has 1 atom stereocenters. The third-order valence-corrected chi connectivity index (χ3v) is 6.42. The van der Waals surface area contributed by atoms with E-state index in [0.717, 1.165) is 17.5 Å². The van der Waals surface area contributed by atoms with Crippen molar-refractivity contribution < 1.29 is 23.1 Å². The number of carbonyl (C=O) groups is 2. The summed E-state index contributed by atoms with van der Waals surface area (Å²) in [6, 6.07) is 12.1. The maximum atomic E-state index is 13.0. The molecule has 1 aliphatic heterocycles. The van der Waals surface area contributed by atoms with Crippen molar-refractivity contribution in [3.63, 3.8) is 0 Å². The number of ether oxygens (including phenoxy) is 1. The maximum absolute atomic E-state index is 13.0. The number of para-hydroxylation sites is 1. The van der Waals surface area contributed by atoms with Crippen LogP contribution >= 0.6 is 11.3 Å². The van der Waals surface area contributed by atoms with Gasteiger partial charge in [0.1, 0.15) is 5.75 Å². The molecule has 0 aliphatic carbocycles. The summed E-state index contributed by atoms with van der Waals surface area (Å²) in [6.07, 6.45) is 1.40. The summed E-state index contributed by atoms with van der Waals surface area (Å²) in [5, 5.41) is 4.87. The summed E-state index contributed by atoms with van der Waals surface area (Å²) in [4.78, 5) is 32.1. The molecule has 1 aromatic heterocycles. The molecule has 1 saturated heterocycles. The predicted molar refractivity (Wildman–Crippen MR) is 127 cm³/mol. The number of likely N-dealkylation sites (tertiary alicyclic amines) is 1. The third-order valence-electron chi connectivity index (χ3n) is 5.66. The third kappa shape index (κ3) is 5.59. The smallest absolute Gasteiger partial charge is 0.387 e. The number of benzene rings is 2. The Morgan fingerprint density at radius 2 is 1.91 bits per heavy atom. The van der Waals surface area contributed by atoms with Crippen LogP contribution < -0.4 is 10.1 Å². The first-order valence-corrected chi connectivity index (χ1v) is 11.9. The van der Waals surface area contributed by atoms with Crippen molar-refractivity contribution in [1.29, 1.82) is 0 Å². The summed E-state index contributed by atoms with van der Waals surface area (Å²) >= 11 is 1.20. The van der Waals surface area contributed by atoms with Crippen LogP contribution in [0.2, 0.25) is 0 Å². The van der Waals surface area contributed by atoms with Crippen LogP contribution in [-0.2, 0) is 4.79 Å². The van der Waals surface area contributed by atoms with E-state index in [1.165, 1.54) is 17.4 Å². The van der Waals surface area contributed by atoms with Gasteiger partial charge in [-0.25, -0.2) is 4.98 Å². The number of aromatic nitrogens is 1. The van der Waals surface area contributed by atoms with Crippen LogP contribution in [0.15, 0.2) is 47.8 Å². The lowest BCUT2D eigenvalue weighted by molar-refractivity contribution is -0.121. The first-order valence-electron chi connectivity index (χ1n) is 11.0. The number of hydrogen-bond donors (Lipinski definition) is 1. The number of anilines is 1. The number of carbonyl (C=O) groups excluding carboxylic acids is 2. The number of nitrogens with one attached hydrogen (secondary N) is 1. The normalized spacial score (nSPS) is 15.9. The van der Waals surface area contributed by atoms with Crippen molar-refractivity contribution in [2.75, 3.05) is 18.4 Å². The quantitative estimate of drug-likeness (QED) is 0.499. The number of hydrogen-bond acceptors (Lipinski definition) is 5. The Kier molecular flexibility index (Phi) is 7.21. The van der Waals surface area contributed by atoms with Gasteiger partial charge in [-0.05, 0) is 51.0 Å². The fourth-order valence-electron chi connectivity index (χ4n) is 4.20. The van der Waals surface area contributed by atoms with Crippen LogP contribution in [-0.4, -0.2) is 41.4 Å². The molecule has 9 heteroatoms. The zero-order chi connectivity index (χ0) is 24.2. The Bertz CT molecular complexity index is 1180. The minimum absolute atomic E-state index is 0.0218. The zero-order valence-corrected chi connectivity index (χ0v) is 19.7. The number of rotatable bonds is 6. The number of aryl methyl sites for hydroxylation is 2. The summed E-state index contributed by atoms with van der Waals surface area (Å²) in [5.74, 6) is -0.619. The van der Waals surface area contributed by atoms with Crippen LogP contribution in [0.1, 0.15) is 34.3 Å². The van der Waals surface area contributed by atoms with Crippen molar-refractivity contribution in [2.45, 2.75) is 33.3 Å². The molecule has 1 fully saturated rings. The van der Waals surface area contributed by atoms with E-state index < -0.39 is 6.61 Å². The molecule has 0 radical (unpaired) electrons. The van der Waals surface area contributed by atoms with E-state index in [1.807, 2.05) is 32.0 Å². The van der Waals surface area contributed by atoms with Crippen molar-refractivity contribution in [2.24, 2.45) is 5.92 Å². The molecule has 34 heavy (non-hydrogen) atoms. The lowest BCUT2D eigenvalue weighted by Crippen LogP contribution is -2.43. The Morgan fingerprint density at radius 3 is 2.65 bits per heavy atom. The number of piperidine rings is 1. The first kappa shape index (κ1) is 23.8. The maximum Gasteiger partial charge on any atom is 0.387 e. The van der Waals surface area contributed by atoms with Gasteiger partial charge in [0.15, 0.2) is 5.13 Å². The predicted octanol–water partition coefficient (Wildman–Crippen LogP) is 5.52. The van der Waals surface area contributed by atoms with Gasteiger partial charge in [0.2, 0.25) is 5.91 Å². The van der Waals surface area contributed by atoms with Crippen LogP contribution in [0, 0.1) is 19.8 Å². The molecule has 2 amide bonds. The number of halogens is 2. The largest absolute Gasteiger partial charge is 0.434 e. The number of nitrogens with zero attached hydrogens (tertiary/aromatic N) is 2. The van der Waals surface area contributed by atoms with E-state index in [9.17, 15) is 18.4 Å². The summed E-state index contributed by atoms with van der Waals surface area (Å²) in [6.45, 7) is 1.91. The van der Waals surface area contributed by atoms with Gasteiger partial charge >= 0.3 is 6.61 Å². The fourth-order valence-corrected chi connectivity index (χ4v) is 4.91. The van der Waals surface area contributed by atoms with E-state index in [0.29, 0.717) is 41.5 Å². The van der Waals surface area contributed by atoms with Crippen molar-refractivity contribution in [3.05, 3.63) is 64.5 Å². The molecule has 3 aromatic rings. The van der Waals surface area contributed by atoms with Gasteiger partial charge in [-0.3, -0.25) is 9.59 Å². The molecular weight excluding hydrogens is 460 g/mol. The Balaban J connectivity index is 1.43. The highest BCUT2D eigenvalue weighted by molar-refractivity contribution is 7.14. The molecule has 6 nitrogen and oxygen atoms in total. The van der Waals surface area contributed by atoms with E-state index in [-0.39, 0.29) is 23.5 Å². The summed E-state index contributed by atoms with van der Waals surface area (Å²) < 4.78 is 30.0. The summed E-state index contributed by atoms with van der Waals surface area (Å²) in [5.41, 5.74) is 3.53. The molecule has 1 N–H and O–H groups in total. The molecule has 1 unspecified atom stereocenters. The average molecular weight is 486 g/mol. The standard InChI is InChI=1S/C25H25F2N3O3S/c1-15-10-16(2)12-18(11-15)23(32)30-9-5-6-17(13-30)22(31)29-25-28-20(14-34-25)19-7-3-4-8-21(19)33-24(26)27/h3-4,7-8,10-12,14,17,24H,5-6,9,13H2,1-2H3,(H,28,29,31). The van der Waals surface area contributed by atoms with E-state index in [1.54, 1.807) is 28.5 Å². The highest BCUT2D eigenvalue weighted by atomic mass is 32.1. The number of thiazole rings is 1. The second-order valence-corrected chi connectivity index (χ2v) is 9.23. The topological polar surface area (TPSA) is 71.5 Å². The Morgan fingerprint density at radius 1 is 1.18 bits per heavy atom. The molecule has 178 valence electrons. The van der Waals surface area contributed by atoms with Gasteiger partial charge in [0.05, 0.1) is 11.6 Å². The first-order chi connectivity index (χ1) is 16.3. The minimum Gasteiger partial charge on any atom is -0.434 e. The van der Waals surface area contributed by atoms with Gasteiger partial charge in [-0.1, -0.05) is 29.3 Å². The molecule has 4 rings (SSSR count). The average Bonchev–Trinajstić information content (AvgIpc) is 3.26. The Hall–Kier alpha value is -3.33. The van der Waals surface area contributed by atoms with Crippen molar-refractivity contribution in [3.8, 4) is 17.0 Å². The molecule has 0 saturated carbocycles. The van der Waals surface area contributed by atoms with E-state index in [4.69, 9.17) is 0 Å². The minimum atomic E-state index is -2.94. The van der Waals surface area contributed by atoms with Gasteiger partial charge < -0.3 is 15.0 Å². The molecule has 0 bridgehead atoms. The molecule has 2 heterocycles. The van der Waals surface area contributed by atoms with Crippen LogP contribution in [0.3, 0.4) is 0 Å². The van der Waals surface area contributed by atoms with E-state index >= 15 is 0 Å². The van der Waals surface area contributed by atoms with Gasteiger partial charge in [-0.15, -0.1) is 11.3 Å². The Labute approximate surface area is 200 Å². The van der Waals surface area contributed by atoms with Crippen molar-refractivity contribution in [1.82, 2.24) is 9.88 Å². The fraction of sp³-hybridized carbons (Fsp3) is 0.320. The second-order valence-electron chi connectivity index (χ2n) is 8.37. The highest BCUT2D eigenvalue weighted by Crippen LogP contribution is 2.33. The molecule has 0 spiro atoms. The van der Waals surface area contributed by atoms with Crippen LogP contribution in [0.5, 0.6) is 5.75 Å². The molecule has 1 aliphatic rings. The molecular formula is C25H25F2N3O3S. The number of amides is 2. The van der Waals surface area contributed by atoms with Gasteiger partial charge in [0.25, 0.3) is 5.91 Å². The lowest BCUT2D eigenvalue weighted by atomic mass is 9.96. The molecule has 2 aromatic carbocycles. The number of alkyl halides is 2. The monoisotopic (exact) mass is 485 g/mol. The van der Waals surface area contributed by atoms with Crippen LogP contribution in [0.4, 0.5) is 13.9 Å². The second kappa shape index (κ2) is 10.3. The summed E-state index contributed by atoms with van der Waals surface area (Å²) in [7, 11) is 0. The van der Waals surface area contributed by atoms with Gasteiger partial charge in [0, 0.05) is 29.6 Å². The highest BCUT2D eigenvalue weighted by Gasteiger charge is 2.29. The SMILES string of the molecule is Cc1cc(C)cc(C(=O)N2CCCC(C(=O)Nc3nc(-c4ccccc4OC(F)F)cs3)C2)c1. The van der Waals surface area contributed by atoms with Crippen LogP contribution in [0.25, 0.3) is 11.3 Å². The zero-order valence-electron chi connectivity index (χ0n) is 18.9.